The first-order valence-corrected chi connectivity index (χ1v) is 22.1. The molecule has 0 fully saturated rings. The molecule has 4 aromatic heterocycles. The van der Waals surface area contributed by atoms with Crippen LogP contribution in [0.4, 0.5) is 0 Å². The van der Waals surface area contributed by atoms with E-state index in [1.807, 2.05) is 24.5 Å². The number of pyridine rings is 4. The minimum Gasteiger partial charge on any atom is -0.254 e. The number of hydrogen-bond donors (Lipinski definition) is 0. The van der Waals surface area contributed by atoms with Crippen LogP contribution >= 0.6 is 0 Å². The van der Waals surface area contributed by atoms with Crippen molar-refractivity contribution in [2.75, 3.05) is 0 Å². The van der Waals surface area contributed by atoms with E-state index in [0.717, 1.165) is 88.4 Å². The molecular weight excluding hydrogens is 789 g/mol. The van der Waals surface area contributed by atoms with Crippen LogP contribution in [0.5, 0.6) is 0 Å². The molecule has 1 aliphatic rings. The third-order valence-corrected chi connectivity index (χ3v) is 13.5. The molecule has 65 heavy (non-hydrogen) atoms. The van der Waals surface area contributed by atoms with Gasteiger partial charge in [0.1, 0.15) is 0 Å². The number of rotatable bonds is 6. The summed E-state index contributed by atoms with van der Waals surface area (Å²) in [6, 6.07) is 78.8. The molecule has 0 N–H and O–H groups in total. The fraction of sp³-hybridized carbons (Fsp3) is 0.0164. The number of hydrogen-bond acceptors (Lipinski definition) is 4. The summed E-state index contributed by atoms with van der Waals surface area (Å²) in [4.78, 5) is 19.8. The van der Waals surface area contributed by atoms with Crippen molar-refractivity contribution in [2.24, 2.45) is 0 Å². The molecule has 0 saturated carbocycles. The average molecular weight is 827 g/mol. The Morgan fingerprint density at radius 1 is 0.277 bits per heavy atom. The van der Waals surface area contributed by atoms with Crippen molar-refractivity contribution in [1.29, 1.82) is 0 Å². The average Bonchev–Trinajstić information content (AvgIpc) is 3.69. The maximum absolute atomic E-state index is 5.24. The van der Waals surface area contributed by atoms with Crippen molar-refractivity contribution >= 4 is 43.6 Å². The SMILES string of the molecule is c1cc(-c2ccc(C3(c4ccc(-c5ccccc5-c5ccc6ccc7cccnc7c6n5)cc4)c4ccccc4-c4ccccc43)cc2)cc(-c2ccc3ccc4cccnc4c3n2)c1. The van der Waals surface area contributed by atoms with Crippen LogP contribution in [0.15, 0.2) is 231 Å². The topological polar surface area (TPSA) is 51.6 Å². The summed E-state index contributed by atoms with van der Waals surface area (Å²) in [6.45, 7) is 0. The Morgan fingerprint density at radius 2 is 0.738 bits per heavy atom. The van der Waals surface area contributed by atoms with Crippen molar-refractivity contribution < 1.29 is 0 Å². The Labute approximate surface area is 376 Å². The molecular formula is C61H38N4. The standard InChI is InChI=1S/C61H38N4/c1-2-17-52(56-35-29-44-23-21-42-13-9-37-63-58(42)60(44)65-56)49(14-1)40-26-32-48(33-27-40)61(53-18-5-3-15-50(53)51-16-4-6-19-54(51)61)47-30-24-39(25-31-47)45-10-7-11-46(38-45)55-34-28-43-22-20-41-12-8-36-62-57(41)59(43)64-55/h1-38H. The molecule has 4 heteroatoms. The molecule has 0 saturated heterocycles. The van der Waals surface area contributed by atoms with Gasteiger partial charge in [0.05, 0.1) is 38.9 Å². The normalized spacial score (nSPS) is 12.7. The highest BCUT2D eigenvalue weighted by Crippen LogP contribution is 2.56. The molecule has 0 aliphatic heterocycles. The molecule has 4 heterocycles. The molecule has 12 aromatic rings. The van der Waals surface area contributed by atoms with Crippen molar-refractivity contribution in [3.05, 3.63) is 253 Å². The Kier molecular flexibility index (Phi) is 8.40. The third-order valence-electron chi connectivity index (χ3n) is 13.5. The van der Waals surface area contributed by atoms with Crippen LogP contribution < -0.4 is 0 Å². The molecule has 13 rings (SSSR count). The summed E-state index contributed by atoms with van der Waals surface area (Å²) in [5.41, 5.74) is 19.3. The number of benzene rings is 8. The largest absolute Gasteiger partial charge is 0.254 e. The quantitative estimate of drug-likeness (QED) is 0.157. The fourth-order valence-corrected chi connectivity index (χ4v) is 10.4. The van der Waals surface area contributed by atoms with Gasteiger partial charge in [-0.1, -0.05) is 188 Å². The predicted molar refractivity (Wildman–Crippen MR) is 267 cm³/mol. The van der Waals surface area contributed by atoms with Crippen LogP contribution in [0.2, 0.25) is 0 Å². The zero-order valence-electron chi connectivity index (χ0n) is 35.2. The summed E-state index contributed by atoms with van der Waals surface area (Å²) < 4.78 is 0. The Hall–Kier alpha value is -8.60. The van der Waals surface area contributed by atoms with E-state index < -0.39 is 5.41 Å². The van der Waals surface area contributed by atoms with Crippen LogP contribution in [0.3, 0.4) is 0 Å². The van der Waals surface area contributed by atoms with Gasteiger partial charge in [-0.05, 0) is 86.0 Å². The Morgan fingerprint density at radius 3 is 1.34 bits per heavy atom. The lowest BCUT2D eigenvalue weighted by Gasteiger charge is -2.34. The molecule has 0 bridgehead atoms. The van der Waals surface area contributed by atoms with Crippen molar-refractivity contribution in [3.8, 4) is 55.9 Å². The second kappa shape index (κ2) is 14.8. The number of aromatic nitrogens is 4. The van der Waals surface area contributed by atoms with Crippen molar-refractivity contribution in [1.82, 2.24) is 19.9 Å². The van der Waals surface area contributed by atoms with Gasteiger partial charge in [0.15, 0.2) is 0 Å². The fourth-order valence-electron chi connectivity index (χ4n) is 10.4. The van der Waals surface area contributed by atoms with Crippen molar-refractivity contribution in [2.45, 2.75) is 5.41 Å². The molecule has 4 nitrogen and oxygen atoms in total. The van der Waals surface area contributed by atoms with E-state index in [1.54, 1.807) is 0 Å². The molecule has 0 atom stereocenters. The number of fused-ring (bicyclic) bond motifs is 9. The second-order valence-corrected chi connectivity index (χ2v) is 16.9. The van der Waals surface area contributed by atoms with E-state index in [0.29, 0.717) is 0 Å². The van der Waals surface area contributed by atoms with Crippen LogP contribution in [0, 0.1) is 0 Å². The van der Waals surface area contributed by atoms with E-state index in [1.165, 1.54) is 33.4 Å². The Balaban J connectivity index is 0.907. The summed E-state index contributed by atoms with van der Waals surface area (Å²) in [5, 5.41) is 4.34. The van der Waals surface area contributed by atoms with Gasteiger partial charge in [0.2, 0.25) is 0 Å². The van der Waals surface area contributed by atoms with Crippen LogP contribution in [-0.4, -0.2) is 19.9 Å². The zero-order valence-corrected chi connectivity index (χ0v) is 35.2. The molecule has 0 amide bonds. The summed E-state index contributed by atoms with van der Waals surface area (Å²) in [5.74, 6) is 0. The maximum atomic E-state index is 5.24. The van der Waals surface area contributed by atoms with Gasteiger partial charge in [-0.25, -0.2) is 9.97 Å². The van der Waals surface area contributed by atoms with Gasteiger partial charge < -0.3 is 0 Å². The first kappa shape index (κ1) is 37.0. The smallest absolute Gasteiger partial charge is 0.0972 e. The van der Waals surface area contributed by atoms with Gasteiger partial charge in [0, 0.05) is 45.1 Å². The maximum Gasteiger partial charge on any atom is 0.0972 e. The molecule has 0 radical (unpaired) electrons. The van der Waals surface area contributed by atoms with E-state index in [2.05, 4.69) is 211 Å². The van der Waals surface area contributed by atoms with E-state index in [9.17, 15) is 0 Å². The lowest BCUT2D eigenvalue weighted by Crippen LogP contribution is -2.28. The van der Waals surface area contributed by atoms with E-state index >= 15 is 0 Å². The van der Waals surface area contributed by atoms with Crippen LogP contribution in [0.1, 0.15) is 22.3 Å². The predicted octanol–water partition coefficient (Wildman–Crippen LogP) is 14.9. The lowest BCUT2D eigenvalue weighted by molar-refractivity contribution is 0.769. The van der Waals surface area contributed by atoms with Gasteiger partial charge in [-0.2, -0.15) is 0 Å². The Bertz CT molecular complexity index is 3790. The molecule has 0 unspecified atom stereocenters. The van der Waals surface area contributed by atoms with E-state index in [-0.39, 0.29) is 0 Å². The second-order valence-electron chi connectivity index (χ2n) is 16.9. The first-order valence-electron chi connectivity index (χ1n) is 22.1. The van der Waals surface area contributed by atoms with Gasteiger partial charge in [0.25, 0.3) is 0 Å². The first-order chi connectivity index (χ1) is 32.2. The highest BCUT2D eigenvalue weighted by Gasteiger charge is 2.45. The molecule has 0 spiro atoms. The number of nitrogens with zero attached hydrogens (tertiary/aromatic N) is 4. The molecule has 1 aliphatic carbocycles. The summed E-state index contributed by atoms with van der Waals surface area (Å²) in [7, 11) is 0. The minimum atomic E-state index is -0.536. The highest BCUT2D eigenvalue weighted by atomic mass is 14.8. The van der Waals surface area contributed by atoms with Gasteiger partial charge in [-0.15, -0.1) is 0 Å². The summed E-state index contributed by atoms with van der Waals surface area (Å²) in [6.07, 6.45) is 3.69. The molecule has 8 aromatic carbocycles. The highest BCUT2D eigenvalue weighted by molar-refractivity contribution is 6.04. The third kappa shape index (κ3) is 5.85. The molecule has 302 valence electrons. The zero-order chi connectivity index (χ0) is 42.9. The van der Waals surface area contributed by atoms with Crippen LogP contribution in [0.25, 0.3) is 99.5 Å². The minimum absolute atomic E-state index is 0.536. The summed E-state index contributed by atoms with van der Waals surface area (Å²) >= 11 is 0. The van der Waals surface area contributed by atoms with Gasteiger partial charge in [-0.3, -0.25) is 9.97 Å². The van der Waals surface area contributed by atoms with Gasteiger partial charge >= 0.3 is 0 Å². The lowest BCUT2D eigenvalue weighted by atomic mass is 9.67. The van der Waals surface area contributed by atoms with Crippen molar-refractivity contribution in [3.63, 3.8) is 0 Å². The van der Waals surface area contributed by atoms with Crippen LogP contribution in [-0.2, 0) is 5.41 Å². The monoisotopic (exact) mass is 826 g/mol. The van der Waals surface area contributed by atoms with E-state index in [4.69, 9.17) is 15.0 Å².